The Morgan fingerprint density at radius 2 is 2.25 bits per heavy atom. The number of hydrogen-bond acceptors (Lipinski definition) is 3. The summed E-state index contributed by atoms with van der Waals surface area (Å²) in [6.07, 6.45) is 0. The third kappa shape index (κ3) is 0.974. The molecule has 0 bridgehead atoms. The second-order valence-electron chi connectivity index (χ2n) is 2.61. The van der Waals surface area contributed by atoms with Crippen LogP contribution in [0.25, 0.3) is 10.1 Å². The van der Waals surface area contributed by atoms with Gasteiger partial charge in [-0.1, -0.05) is 11.6 Å². The van der Waals surface area contributed by atoms with E-state index >= 15 is 0 Å². The zero-order valence-corrected chi connectivity index (χ0v) is 8.04. The van der Waals surface area contributed by atoms with Gasteiger partial charge in [0.15, 0.2) is 0 Å². The summed E-state index contributed by atoms with van der Waals surface area (Å²) in [5.74, 6) is 0. The quantitative estimate of drug-likeness (QED) is 0.662. The maximum atomic E-state index is 6.01. The molecule has 0 atom stereocenters. The van der Waals surface area contributed by atoms with Crippen molar-refractivity contribution in [3.8, 4) is 0 Å². The van der Waals surface area contributed by atoms with Crippen LogP contribution in [0.15, 0.2) is 12.1 Å². The summed E-state index contributed by atoms with van der Waals surface area (Å²) in [4.78, 5) is 0. The van der Waals surface area contributed by atoms with Crippen LogP contribution in [0.1, 0.15) is 5.69 Å². The van der Waals surface area contributed by atoms with Crippen LogP contribution < -0.4 is 5.73 Å². The zero-order chi connectivity index (χ0) is 8.72. The van der Waals surface area contributed by atoms with Crippen molar-refractivity contribution < 1.29 is 0 Å². The molecule has 0 aliphatic rings. The molecule has 1 aromatic heterocycles. The fourth-order valence-electron chi connectivity index (χ4n) is 1.15. The number of aryl methyl sites for hydroxylation is 1. The molecule has 0 amide bonds. The molecular formula is C8H7ClN2S. The first-order valence-electron chi connectivity index (χ1n) is 3.50. The number of benzene rings is 1. The highest BCUT2D eigenvalue weighted by Crippen LogP contribution is 2.33. The number of hydrogen-bond donors (Lipinski definition) is 1. The number of nitrogens with zero attached hydrogens (tertiary/aromatic N) is 1. The van der Waals surface area contributed by atoms with Crippen molar-refractivity contribution in [1.29, 1.82) is 0 Å². The molecule has 62 valence electrons. The lowest BCUT2D eigenvalue weighted by molar-refractivity contribution is 1.37. The zero-order valence-electron chi connectivity index (χ0n) is 6.47. The van der Waals surface area contributed by atoms with Crippen LogP contribution in [0.2, 0.25) is 5.02 Å². The van der Waals surface area contributed by atoms with Crippen molar-refractivity contribution >= 4 is 38.9 Å². The number of rotatable bonds is 0. The lowest BCUT2D eigenvalue weighted by Crippen LogP contribution is -1.85. The summed E-state index contributed by atoms with van der Waals surface area (Å²) < 4.78 is 5.29. The van der Waals surface area contributed by atoms with E-state index in [2.05, 4.69) is 4.37 Å². The summed E-state index contributed by atoms with van der Waals surface area (Å²) in [5, 5.41) is 1.61. The lowest BCUT2D eigenvalue weighted by Gasteiger charge is -1.98. The summed E-state index contributed by atoms with van der Waals surface area (Å²) in [6.45, 7) is 1.93. The molecule has 4 heteroatoms. The Hall–Kier alpha value is -0.800. The highest BCUT2D eigenvalue weighted by molar-refractivity contribution is 7.13. The predicted octanol–water partition coefficient (Wildman–Crippen LogP) is 2.84. The lowest BCUT2D eigenvalue weighted by atomic mass is 10.2. The van der Waals surface area contributed by atoms with E-state index in [4.69, 9.17) is 17.3 Å². The first kappa shape index (κ1) is 7.83. The van der Waals surface area contributed by atoms with Gasteiger partial charge in [0.2, 0.25) is 0 Å². The Bertz CT molecular complexity index is 436. The van der Waals surface area contributed by atoms with Gasteiger partial charge in [0.05, 0.1) is 21.1 Å². The van der Waals surface area contributed by atoms with E-state index in [1.807, 2.05) is 19.1 Å². The standard InChI is InChI=1S/C8H7ClN2S/c1-4-7-6(12-11-4)3-2-5(10)8(7)9/h2-3H,10H2,1H3. The summed E-state index contributed by atoms with van der Waals surface area (Å²) >= 11 is 7.46. The van der Waals surface area contributed by atoms with Crippen LogP contribution in [-0.4, -0.2) is 4.37 Å². The van der Waals surface area contributed by atoms with Crippen molar-refractivity contribution in [3.63, 3.8) is 0 Å². The Morgan fingerprint density at radius 3 is 3.00 bits per heavy atom. The van der Waals surface area contributed by atoms with E-state index in [0.29, 0.717) is 10.7 Å². The smallest absolute Gasteiger partial charge is 0.0741 e. The van der Waals surface area contributed by atoms with Crippen LogP contribution in [0, 0.1) is 6.92 Å². The van der Waals surface area contributed by atoms with Gasteiger partial charge in [-0.05, 0) is 30.6 Å². The summed E-state index contributed by atoms with van der Waals surface area (Å²) in [5.41, 5.74) is 7.23. The maximum Gasteiger partial charge on any atom is 0.0741 e. The van der Waals surface area contributed by atoms with Gasteiger partial charge >= 0.3 is 0 Å². The second kappa shape index (κ2) is 2.61. The molecule has 0 aliphatic heterocycles. The van der Waals surface area contributed by atoms with Crippen molar-refractivity contribution in [1.82, 2.24) is 4.37 Å². The monoisotopic (exact) mass is 198 g/mol. The number of nitrogen functional groups attached to an aromatic ring is 1. The number of nitrogens with two attached hydrogens (primary N) is 1. The van der Waals surface area contributed by atoms with Gasteiger partial charge in [-0.3, -0.25) is 0 Å². The molecule has 2 nitrogen and oxygen atoms in total. The van der Waals surface area contributed by atoms with Crippen LogP contribution in [0.4, 0.5) is 5.69 Å². The normalized spacial score (nSPS) is 10.8. The van der Waals surface area contributed by atoms with E-state index in [1.165, 1.54) is 11.5 Å². The van der Waals surface area contributed by atoms with Crippen LogP contribution in [-0.2, 0) is 0 Å². The van der Waals surface area contributed by atoms with Gasteiger partial charge in [0.25, 0.3) is 0 Å². The van der Waals surface area contributed by atoms with Crippen LogP contribution >= 0.6 is 23.1 Å². The number of fused-ring (bicyclic) bond motifs is 1. The molecule has 0 unspecified atom stereocenters. The second-order valence-corrected chi connectivity index (χ2v) is 3.79. The fraction of sp³-hybridized carbons (Fsp3) is 0.125. The molecular weight excluding hydrogens is 192 g/mol. The fourth-order valence-corrected chi connectivity index (χ4v) is 2.31. The third-order valence-electron chi connectivity index (χ3n) is 1.78. The van der Waals surface area contributed by atoms with Crippen LogP contribution in [0.3, 0.4) is 0 Å². The molecule has 12 heavy (non-hydrogen) atoms. The predicted molar refractivity (Wildman–Crippen MR) is 53.8 cm³/mol. The van der Waals surface area contributed by atoms with E-state index in [-0.39, 0.29) is 0 Å². The van der Waals surface area contributed by atoms with Gasteiger partial charge in [0, 0.05) is 5.39 Å². The minimum absolute atomic E-state index is 0.618. The minimum atomic E-state index is 0.618. The molecule has 1 heterocycles. The average Bonchev–Trinajstić information content (AvgIpc) is 2.41. The SMILES string of the molecule is Cc1nsc2ccc(N)c(Cl)c12. The first-order valence-corrected chi connectivity index (χ1v) is 4.65. The molecule has 0 spiro atoms. The van der Waals surface area contributed by atoms with Gasteiger partial charge in [-0.2, -0.15) is 4.37 Å². The molecule has 0 saturated carbocycles. The number of aromatic nitrogens is 1. The largest absolute Gasteiger partial charge is 0.398 e. The Morgan fingerprint density at radius 1 is 1.50 bits per heavy atom. The van der Waals surface area contributed by atoms with Crippen molar-refractivity contribution in [3.05, 3.63) is 22.8 Å². The molecule has 0 fully saturated rings. The molecule has 1 aromatic carbocycles. The van der Waals surface area contributed by atoms with Gasteiger partial charge in [0.1, 0.15) is 0 Å². The van der Waals surface area contributed by atoms with E-state index in [0.717, 1.165) is 15.8 Å². The van der Waals surface area contributed by atoms with E-state index in [1.54, 1.807) is 0 Å². The van der Waals surface area contributed by atoms with Crippen molar-refractivity contribution in [2.75, 3.05) is 5.73 Å². The molecule has 2 N–H and O–H groups in total. The van der Waals surface area contributed by atoms with Crippen molar-refractivity contribution in [2.45, 2.75) is 6.92 Å². The topological polar surface area (TPSA) is 38.9 Å². The van der Waals surface area contributed by atoms with Crippen LogP contribution in [0.5, 0.6) is 0 Å². The van der Waals surface area contributed by atoms with Crippen molar-refractivity contribution in [2.24, 2.45) is 0 Å². The number of anilines is 1. The molecule has 0 radical (unpaired) electrons. The Kier molecular flexibility index (Phi) is 1.70. The Balaban J connectivity index is 2.96. The van der Waals surface area contributed by atoms with Gasteiger partial charge < -0.3 is 5.73 Å². The molecule has 2 aromatic rings. The highest BCUT2D eigenvalue weighted by atomic mass is 35.5. The third-order valence-corrected chi connectivity index (χ3v) is 3.09. The van der Waals surface area contributed by atoms with E-state index in [9.17, 15) is 0 Å². The minimum Gasteiger partial charge on any atom is -0.398 e. The summed E-state index contributed by atoms with van der Waals surface area (Å²) in [6, 6.07) is 3.75. The van der Waals surface area contributed by atoms with Gasteiger partial charge in [-0.15, -0.1) is 0 Å². The summed E-state index contributed by atoms with van der Waals surface area (Å²) in [7, 11) is 0. The first-order chi connectivity index (χ1) is 5.70. The van der Waals surface area contributed by atoms with Gasteiger partial charge in [-0.25, -0.2) is 0 Å². The number of halogens is 1. The highest BCUT2D eigenvalue weighted by Gasteiger charge is 2.07. The molecule has 2 rings (SSSR count). The molecule has 0 saturated heterocycles. The Labute approximate surface area is 79.1 Å². The average molecular weight is 199 g/mol. The molecule has 0 aliphatic carbocycles. The maximum absolute atomic E-state index is 6.01. The van der Waals surface area contributed by atoms with E-state index < -0.39 is 0 Å².